The number of unbranched alkanes of at least 4 members (excludes halogenated alkanes) is 2. The van der Waals surface area contributed by atoms with Gasteiger partial charge in [-0.1, -0.05) is 32.8 Å². The summed E-state index contributed by atoms with van der Waals surface area (Å²) in [6, 6.07) is 7.10. The number of rotatable bonds is 12. The molecule has 4 nitrogen and oxygen atoms in total. The summed E-state index contributed by atoms with van der Waals surface area (Å²) >= 11 is 0. The Morgan fingerprint density at radius 3 is 1.63 bits per heavy atom. The molecule has 0 saturated heterocycles. The van der Waals surface area contributed by atoms with E-state index >= 15 is 0 Å². The molecule has 0 bridgehead atoms. The molecular formula is C33H34F6O4. The number of halogens is 6. The second-order valence-corrected chi connectivity index (χ2v) is 10.6. The van der Waals surface area contributed by atoms with E-state index in [0.29, 0.717) is 25.7 Å². The molecule has 1 saturated carbocycles. The van der Waals surface area contributed by atoms with Crippen molar-refractivity contribution >= 4 is 5.97 Å². The first-order chi connectivity index (χ1) is 20.7. The number of hydrogen-bond donors (Lipinski definition) is 0. The maximum Gasteiger partial charge on any atom is 0.314 e. The van der Waals surface area contributed by atoms with Gasteiger partial charge in [-0.05, 0) is 80.3 Å². The van der Waals surface area contributed by atoms with Crippen molar-refractivity contribution in [2.24, 2.45) is 5.92 Å². The smallest absolute Gasteiger partial charge is 0.314 e. The fraction of sp³-hybridized carbons (Fsp3) is 0.424. The quantitative estimate of drug-likeness (QED) is 0.0890. The van der Waals surface area contributed by atoms with Gasteiger partial charge in [-0.2, -0.15) is 13.2 Å². The molecule has 0 aliphatic heterocycles. The zero-order valence-electron chi connectivity index (χ0n) is 24.1. The third-order valence-electron chi connectivity index (χ3n) is 7.68. The standard InChI is InChI=1S/C33H34F6O4/c1-3-5-17-41-24-14-11-21(27(34)30(24)37)19-7-9-20(10-8-19)33(40)43-26-16-13-23(29(36)32(26)39)22-12-15-25(31(38)28(22)35)42-18-6-4-2/h11-16,19-20H,3-10,17-18H2,1-2H3. The fourth-order valence-corrected chi connectivity index (χ4v) is 5.13. The number of carbonyl (C=O) groups excluding carboxylic acids is 1. The predicted molar refractivity (Wildman–Crippen MR) is 149 cm³/mol. The highest BCUT2D eigenvalue weighted by Crippen LogP contribution is 2.40. The molecule has 3 aromatic carbocycles. The van der Waals surface area contributed by atoms with Gasteiger partial charge in [0.1, 0.15) is 0 Å². The number of carbonyl (C=O) groups is 1. The molecule has 0 spiro atoms. The fourth-order valence-electron chi connectivity index (χ4n) is 5.13. The lowest BCUT2D eigenvalue weighted by atomic mass is 9.78. The monoisotopic (exact) mass is 608 g/mol. The first-order valence-corrected chi connectivity index (χ1v) is 14.6. The zero-order chi connectivity index (χ0) is 31.1. The second kappa shape index (κ2) is 14.7. The summed E-state index contributed by atoms with van der Waals surface area (Å²) in [5.74, 6) is -10.8. The third-order valence-corrected chi connectivity index (χ3v) is 7.68. The van der Waals surface area contributed by atoms with E-state index in [1.54, 1.807) is 0 Å². The Balaban J connectivity index is 1.40. The van der Waals surface area contributed by atoms with E-state index in [1.807, 2.05) is 13.8 Å². The molecule has 1 aliphatic carbocycles. The molecule has 0 heterocycles. The van der Waals surface area contributed by atoms with Crippen LogP contribution in [0.5, 0.6) is 17.2 Å². The number of benzene rings is 3. The van der Waals surface area contributed by atoms with Gasteiger partial charge >= 0.3 is 5.97 Å². The van der Waals surface area contributed by atoms with Crippen molar-refractivity contribution in [1.29, 1.82) is 0 Å². The van der Waals surface area contributed by atoms with Crippen LogP contribution >= 0.6 is 0 Å². The van der Waals surface area contributed by atoms with Crippen LogP contribution in [0.15, 0.2) is 36.4 Å². The summed E-state index contributed by atoms with van der Waals surface area (Å²) in [6.45, 7) is 4.32. The van der Waals surface area contributed by atoms with Crippen molar-refractivity contribution in [3.05, 3.63) is 76.9 Å². The Labute approximate surface area is 247 Å². The van der Waals surface area contributed by atoms with Crippen LogP contribution in [0.25, 0.3) is 11.1 Å². The van der Waals surface area contributed by atoms with Crippen LogP contribution in [-0.2, 0) is 4.79 Å². The molecule has 1 fully saturated rings. The number of esters is 1. The van der Waals surface area contributed by atoms with Gasteiger partial charge in [-0.25, -0.2) is 13.2 Å². The topological polar surface area (TPSA) is 44.8 Å². The van der Waals surface area contributed by atoms with Gasteiger partial charge < -0.3 is 14.2 Å². The first-order valence-electron chi connectivity index (χ1n) is 14.6. The minimum Gasteiger partial charge on any atom is -0.490 e. The summed E-state index contributed by atoms with van der Waals surface area (Å²) in [5.41, 5.74) is -0.873. The minimum atomic E-state index is -1.53. The zero-order valence-corrected chi connectivity index (χ0v) is 24.1. The third kappa shape index (κ3) is 7.28. The molecule has 0 unspecified atom stereocenters. The average Bonchev–Trinajstić information content (AvgIpc) is 3.00. The van der Waals surface area contributed by atoms with Crippen molar-refractivity contribution in [2.75, 3.05) is 13.2 Å². The lowest BCUT2D eigenvalue weighted by molar-refractivity contribution is -0.140. The van der Waals surface area contributed by atoms with Gasteiger partial charge in [0.25, 0.3) is 0 Å². The van der Waals surface area contributed by atoms with Crippen LogP contribution in [0, 0.1) is 40.8 Å². The molecule has 3 aromatic rings. The first kappa shape index (κ1) is 32.2. The molecule has 0 atom stereocenters. The van der Waals surface area contributed by atoms with Crippen LogP contribution in [0.1, 0.15) is 76.7 Å². The van der Waals surface area contributed by atoms with Crippen LogP contribution in [-0.4, -0.2) is 19.2 Å². The highest BCUT2D eigenvalue weighted by Gasteiger charge is 2.32. The molecule has 0 aromatic heterocycles. The Bertz CT molecular complexity index is 1440. The summed E-state index contributed by atoms with van der Waals surface area (Å²) in [5, 5.41) is 0. The lowest BCUT2D eigenvalue weighted by Gasteiger charge is -2.28. The van der Waals surface area contributed by atoms with Crippen molar-refractivity contribution in [2.45, 2.75) is 71.1 Å². The largest absolute Gasteiger partial charge is 0.490 e. The molecule has 232 valence electrons. The van der Waals surface area contributed by atoms with Crippen molar-refractivity contribution in [1.82, 2.24) is 0 Å². The minimum absolute atomic E-state index is 0.145. The normalized spacial score (nSPS) is 16.7. The predicted octanol–water partition coefficient (Wildman–Crippen LogP) is 9.43. The van der Waals surface area contributed by atoms with Crippen LogP contribution in [0.4, 0.5) is 26.3 Å². The molecular weight excluding hydrogens is 574 g/mol. The summed E-state index contributed by atoms with van der Waals surface area (Å²) in [7, 11) is 0. The van der Waals surface area contributed by atoms with Gasteiger partial charge in [-0.15, -0.1) is 0 Å². The van der Waals surface area contributed by atoms with Gasteiger partial charge in [0.15, 0.2) is 34.7 Å². The average molecular weight is 609 g/mol. The van der Waals surface area contributed by atoms with E-state index in [1.165, 1.54) is 12.1 Å². The molecule has 0 radical (unpaired) electrons. The Kier molecular flexibility index (Phi) is 11.0. The number of hydrogen-bond acceptors (Lipinski definition) is 4. The summed E-state index contributed by atoms with van der Waals surface area (Å²) in [4.78, 5) is 12.8. The van der Waals surface area contributed by atoms with E-state index < -0.39 is 63.7 Å². The van der Waals surface area contributed by atoms with Gasteiger partial charge in [0.05, 0.1) is 19.1 Å². The van der Waals surface area contributed by atoms with Gasteiger partial charge in [0, 0.05) is 11.1 Å². The van der Waals surface area contributed by atoms with Crippen LogP contribution in [0.3, 0.4) is 0 Å². The Morgan fingerprint density at radius 1 is 0.628 bits per heavy atom. The van der Waals surface area contributed by atoms with Crippen LogP contribution in [0.2, 0.25) is 0 Å². The Hall–Kier alpha value is -3.69. The second-order valence-electron chi connectivity index (χ2n) is 10.6. The van der Waals surface area contributed by atoms with Gasteiger partial charge in [-0.3, -0.25) is 4.79 Å². The maximum atomic E-state index is 15.0. The van der Waals surface area contributed by atoms with E-state index in [2.05, 4.69) is 0 Å². The van der Waals surface area contributed by atoms with E-state index in [0.717, 1.165) is 37.1 Å². The highest BCUT2D eigenvalue weighted by molar-refractivity contribution is 5.76. The van der Waals surface area contributed by atoms with Gasteiger partial charge in [0.2, 0.25) is 17.5 Å². The van der Waals surface area contributed by atoms with Crippen molar-refractivity contribution in [3.63, 3.8) is 0 Å². The molecule has 0 N–H and O–H groups in total. The van der Waals surface area contributed by atoms with E-state index in [9.17, 15) is 31.1 Å². The maximum absolute atomic E-state index is 15.0. The molecule has 43 heavy (non-hydrogen) atoms. The van der Waals surface area contributed by atoms with Crippen molar-refractivity contribution < 1.29 is 45.3 Å². The SMILES string of the molecule is CCCCOc1ccc(-c2ccc(OC(=O)C3CCC(c4ccc(OCCCC)c(F)c4F)CC3)c(F)c2F)c(F)c1F. The Morgan fingerprint density at radius 2 is 1.09 bits per heavy atom. The lowest BCUT2D eigenvalue weighted by Crippen LogP contribution is -2.26. The van der Waals surface area contributed by atoms with E-state index in [4.69, 9.17) is 14.2 Å². The van der Waals surface area contributed by atoms with E-state index in [-0.39, 0.29) is 49.0 Å². The summed E-state index contributed by atoms with van der Waals surface area (Å²) in [6.07, 6.45) is 4.21. The summed E-state index contributed by atoms with van der Waals surface area (Å²) < 4.78 is 104. The highest BCUT2D eigenvalue weighted by atomic mass is 19.2. The molecule has 4 rings (SSSR count). The van der Waals surface area contributed by atoms with Crippen LogP contribution < -0.4 is 14.2 Å². The molecule has 0 amide bonds. The molecule has 1 aliphatic rings. The molecule has 10 heteroatoms. The number of ether oxygens (including phenoxy) is 3. The van der Waals surface area contributed by atoms with Crippen molar-refractivity contribution in [3.8, 4) is 28.4 Å².